The van der Waals surface area contributed by atoms with Gasteiger partial charge in [0.25, 0.3) is 11.6 Å². The molecule has 1 amide bonds. The molecule has 0 spiro atoms. The maximum absolute atomic E-state index is 12.5. The highest BCUT2D eigenvalue weighted by Gasteiger charge is 2.25. The zero-order valence-corrected chi connectivity index (χ0v) is 12.1. The summed E-state index contributed by atoms with van der Waals surface area (Å²) in [6.07, 6.45) is 5.40. The van der Waals surface area contributed by atoms with Crippen molar-refractivity contribution in [3.8, 4) is 0 Å². The summed E-state index contributed by atoms with van der Waals surface area (Å²) in [5.41, 5.74) is 0.0868. The Bertz CT molecular complexity index is 527. The molecular formula is C14H17ClN2O3. The van der Waals surface area contributed by atoms with Crippen LogP contribution in [-0.4, -0.2) is 28.8 Å². The molecule has 0 heterocycles. The lowest BCUT2D eigenvalue weighted by Gasteiger charge is -2.31. The van der Waals surface area contributed by atoms with Gasteiger partial charge in [0, 0.05) is 25.2 Å². The average molecular weight is 297 g/mol. The number of non-ortho nitro benzene ring substituents is 1. The second-order valence-corrected chi connectivity index (χ2v) is 5.54. The first-order valence-corrected chi connectivity index (χ1v) is 7.09. The van der Waals surface area contributed by atoms with Crippen LogP contribution < -0.4 is 0 Å². The van der Waals surface area contributed by atoms with E-state index in [1.54, 1.807) is 11.9 Å². The van der Waals surface area contributed by atoms with Crippen molar-refractivity contribution >= 4 is 23.2 Å². The summed E-state index contributed by atoms with van der Waals surface area (Å²) in [5.74, 6) is -0.245. The van der Waals surface area contributed by atoms with E-state index in [0.717, 1.165) is 25.7 Å². The molecule has 5 nitrogen and oxygen atoms in total. The monoisotopic (exact) mass is 296 g/mol. The predicted molar refractivity (Wildman–Crippen MR) is 77.1 cm³/mol. The molecule has 0 bridgehead atoms. The van der Waals surface area contributed by atoms with E-state index >= 15 is 0 Å². The van der Waals surface area contributed by atoms with Crippen molar-refractivity contribution in [2.24, 2.45) is 0 Å². The molecule has 1 aliphatic rings. The number of hydrogen-bond acceptors (Lipinski definition) is 3. The highest BCUT2D eigenvalue weighted by atomic mass is 35.5. The van der Waals surface area contributed by atoms with Gasteiger partial charge in [-0.15, -0.1) is 0 Å². The lowest BCUT2D eigenvalue weighted by atomic mass is 9.94. The van der Waals surface area contributed by atoms with Gasteiger partial charge in [-0.05, 0) is 18.9 Å². The Morgan fingerprint density at radius 1 is 1.35 bits per heavy atom. The van der Waals surface area contributed by atoms with Crippen LogP contribution in [0.25, 0.3) is 0 Å². The minimum atomic E-state index is -0.520. The third kappa shape index (κ3) is 3.10. The Balaban J connectivity index is 2.23. The van der Waals surface area contributed by atoms with Gasteiger partial charge in [0.05, 0.1) is 15.5 Å². The second-order valence-electron chi connectivity index (χ2n) is 5.13. The lowest BCUT2D eigenvalue weighted by molar-refractivity contribution is -0.384. The number of amides is 1. The van der Waals surface area contributed by atoms with Gasteiger partial charge < -0.3 is 4.90 Å². The quantitative estimate of drug-likeness (QED) is 0.631. The van der Waals surface area contributed by atoms with E-state index in [1.807, 2.05) is 0 Å². The summed E-state index contributed by atoms with van der Waals surface area (Å²) >= 11 is 6.01. The van der Waals surface area contributed by atoms with Crippen molar-refractivity contribution in [2.75, 3.05) is 7.05 Å². The molecule has 1 aromatic carbocycles. The van der Waals surface area contributed by atoms with Gasteiger partial charge in [-0.1, -0.05) is 30.9 Å². The van der Waals surface area contributed by atoms with E-state index < -0.39 is 4.92 Å². The Labute approximate surface area is 122 Å². The fraction of sp³-hybridized carbons (Fsp3) is 0.500. The van der Waals surface area contributed by atoms with E-state index in [2.05, 4.69) is 0 Å². The molecule has 108 valence electrons. The first-order chi connectivity index (χ1) is 9.50. The van der Waals surface area contributed by atoms with Gasteiger partial charge in [-0.2, -0.15) is 0 Å². The maximum Gasteiger partial charge on any atom is 0.270 e. The molecule has 6 heteroatoms. The van der Waals surface area contributed by atoms with E-state index in [0.29, 0.717) is 0 Å². The number of carbonyl (C=O) groups is 1. The third-order valence-corrected chi connectivity index (χ3v) is 4.16. The highest BCUT2D eigenvalue weighted by Crippen LogP contribution is 2.27. The SMILES string of the molecule is CN(C(=O)c1cc([N+](=O)[O-])ccc1Cl)C1CCCCC1. The molecule has 1 fully saturated rings. The molecule has 20 heavy (non-hydrogen) atoms. The molecular weight excluding hydrogens is 280 g/mol. The minimum Gasteiger partial charge on any atom is -0.339 e. The van der Waals surface area contributed by atoms with Crippen molar-refractivity contribution in [3.05, 3.63) is 38.9 Å². The second kappa shape index (κ2) is 6.22. The Morgan fingerprint density at radius 2 is 2.00 bits per heavy atom. The molecule has 1 saturated carbocycles. The molecule has 0 unspecified atom stereocenters. The number of carbonyl (C=O) groups excluding carboxylic acids is 1. The number of rotatable bonds is 3. The molecule has 0 aromatic heterocycles. The number of nitro benzene ring substituents is 1. The molecule has 1 aliphatic carbocycles. The van der Waals surface area contributed by atoms with Crippen LogP contribution in [0.2, 0.25) is 5.02 Å². The van der Waals surface area contributed by atoms with Gasteiger partial charge in [0.2, 0.25) is 0 Å². The van der Waals surface area contributed by atoms with Crippen LogP contribution >= 0.6 is 11.6 Å². The van der Waals surface area contributed by atoms with E-state index in [1.165, 1.54) is 24.6 Å². The van der Waals surface area contributed by atoms with E-state index in [-0.39, 0.29) is 28.2 Å². The molecule has 0 atom stereocenters. The van der Waals surface area contributed by atoms with E-state index in [9.17, 15) is 14.9 Å². The van der Waals surface area contributed by atoms with Crippen LogP contribution in [0, 0.1) is 10.1 Å². The summed E-state index contributed by atoms with van der Waals surface area (Å²) in [6.45, 7) is 0. The van der Waals surface area contributed by atoms with Gasteiger partial charge in [0.1, 0.15) is 0 Å². The van der Waals surface area contributed by atoms with Gasteiger partial charge in [-0.25, -0.2) is 0 Å². The van der Waals surface area contributed by atoms with Crippen LogP contribution in [-0.2, 0) is 0 Å². The zero-order chi connectivity index (χ0) is 14.7. The summed E-state index contributed by atoms with van der Waals surface area (Å²) in [7, 11) is 1.74. The van der Waals surface area contributed by atoms with Crippen molar-refractivity contribution in [1.29, 1.82) is 0 Å². The van der Waals surface area contributed by atoms with Gasteiger partial charge in [0.15, 0.2) is 0 Å². The summed E-state index contributed by atoms with van der Waals surface area (Å²) in [5, 5.41) is 11.0. The molecule has 0 aliphatic heterocycles. The smallest absolute Gasteiger partial charge is 0.270 e. The average Bonchev–Trinajstić information content (AvgIpc) is 2.47. The molecule has 1 aromatic rings. The topological polar surface area (TPSA) is 63.5 Å². The number of hydrogen-bond donors (Lipinski definition) is 0. The predicted octanol–water partition coefficient (Wildman–Crippen LogP) is 3.65. The fourth-order valence-electron chi connectivity index (χ4n) is 2.61. The van der Waals surface area contributed by atoms with Crippen LogP contribution in [0.5, 0.6) is 0 Å². The number of nitrogens with zero attached hydrogens (tertiary/aromatic N) is 2. The highest BCUT2D eigenvalue weighted by molar-refractivity contribution is 6.33. The van der Waals surface area contributed by atoms with Crippen LogP contribution in [0.3, 0.4) is 0 Å². The van der Waals surface area contributed by atoms with Crippen LogP contribution in [0.1, 0.15) is 42.5 Å². The lowest BCUT2D eigenvalue weighted by Crippen LogP contribution is -2.38. The summed E-state index contributed by atoms with van der Waals surface area (Å²) < 4.78 is 0. The maximum atomic E-state index is 12.5. The molecule has 0 N–H and O–H groups in total. The standard InChI is InChI=1S/C14H17ClN2O3/c1-16(10-5-3-2-4-6-10)14(18)12-9-11(17(19)20)7-8-13(12)15/h7-10H,2-6H2,1H3. The largest absolute Gasteiger partial charge is 0.339 e. The zero-order valence-electron chi connectivity index (χ0n) is 11.3. The number of nitro groups is 1. The van der Waals surface area contributed by atoms with E-state index in [4.69, 9.17) is 11.6 Å². The van der Waals surface area contributed by atoms with Crippen molar-refractivity contribution in [3.63, 3.8) is 0 Å². The third-order valence-electron chi connectivity index (χ3n) is 3.83. The normalized spacial score (nSPS) is 15.9. The Morgan fingerprint density at radius 3 is 2.60 bits per heavy atom. The molecule has 0 saturated heterocycles. The first kappa shape index (κ1) is 14.8. The van der Waals surface area contributed by atoms with Crippen molar-refractivity contribution < 1.29 is 9.72 Å². The molecule has 0 radical (unpaired) electrons. The first-order valence-electron chi connectivity index (χ1n) is 6.72. The number of benzene rings is 1. The van der Waals surface area contributed by atoms with Crippen molar-refractivity contribution in [2.45, 2.75) is 38.1 Å². The summed E-state index contributed by atoms with van der Waals surface area (Å²) in [4.78, 5) is 24.4. The number of halogens is 1. The minimum absolute atomic E-state index is 0.116. The van der Waals surface area contributed by atoms with Crippen LogP contribution in [0.4, 0.5) is 5.69 Å². The van der Waals surface area contributed by atoms with Crippen molar-refractivity contribution in [1.82, 2.24) is 4.90 Å². The molecule has 2 rings (SSSR count). The fourth-order valence-corrected chi connectivity index (χ4v) is 2.81. The summed E-state index contributed by atoms with van der Waals surface area (Å²) in [6, 6.07) is 4.16. The van der Waals surface area contributed by atoms with Crippen LogP contribution in [0.15, 0.2) is 18.2 Å². The van der Waals surface area contributed by atoms with Gasteiger partial charge >= 0.3 is 0 Å². The Kier molecular flexibility index (Phi) is 4.60. The Hall–Kier alpha value is -1.62. The van der Waals surface area contributed by atoms with Gasteiger partial charge in [-0.3, -0.25) is 14.9 Å².